The first-order valence-corrected chi connectivity index (χ1v) is 5.34. The Morgan fingerprint density at radius 1 is 1.12 bits per heavy atom. The lowest BCUT2D eigenvalue weighted by Crippen LogP contribution is -2.20. The summed E-state index contributed by atoms with van der Waals surface area (Å²) in [7, 11) is -1.94. The maximum absolute atomic E-state index is 8.67. The third-order valence-electron chi connectivity index (χ3n) is 1.58. The smallest absolute Gasteiger partial charge is 0.511 e. The van der Waals surface area contributed by atoms with Crippen LogP contribution in [0.2, 0.25) is 10.0 Å². The molecule has 1 aromatic rings. The van der Waals surface area contributed by atoms with Crippen LogP contribution in [0.15, 0.2) is 12.1 Å². The molecule has 0 amide bonds. The zero-order chi connectivity index (χ0) is 12.3. The predicted octanol–water partition coefficient (Wildman–Crippen LogP) is 2.13. The zero-order valence-corrected chi connectivity index (χ0v) is 10.3. The number of hydrogen-bond acceptors (Lipinski definition) is 4. The van der Waals surface area contributed by atoms with E-state index in [4.69, 9.17) is 38.0 Å². The first-order chi connectivity index (χ1) is 7.40. The van der Waals surface area contributed by atoms with Crippen molar-refractivity contribution >= 4 is 30.5 Å². The van der Waals surface area contributed by atoms with E-state index in [0.717, 1.165) is 0 Å². The number of hydrogen-bond donors (Lipinski definition) is 2. The second kappa shape index (κ2) is 5.64. The van der Waals surface area contributed by atoms with Crippen molar-refractivity contribution in [3.63, 3.8) is 0 Å². The predicted molar refractivity (Wildman–Crippen MR) is 63.0 cm³/mol. The van der Waals surface area contributed by atoms with Crippen molar-refractivity contribution in [1.82, 2.24) is 0 Å². The summed E-state index contributed by atoms with van der Waals surface area (Å²) >= 11 is 11.7. The lowest BCUT2D eigenvalue weighted by molar-refractivity contribution is 0.241. The Bertz CT molecular complexity index is 340. The standard InChI is InChI=1S/C9H11BCl2O4/c1-5(2)15-8-4-9(16-10(13)14)7(12)3-6(8)11/h3-5,13-14H,1-2H3. The van der Waals surface area contributed by atoms with Crippen LogP contribution in [0.5, 0.6) is 11.5 Å². The van der Waals surface area contributed by atoms with E-state index in [1.54, 1.807) is 0 Å². The fourth-order valence-corrected chi connectivity index (χ4v) is 1.53. The number of rotatable bonds is 4. The minimum absolute atomic E-state index is 0.0643. The minimum atomic E-state index is -1.94. The third kappa shape index (κ3) is 3.75. The molecule has 2 N–H and O–H groups in total. The molecule has 0 unspecified atom stereocenters. The molecule has 88 valence electrons. The zero-order valence-electron chi connectivity index (χ0n) is 8.78. The van der Waals surface area contributed by atoms with Gasteiger partial charge in [-0.25, -0.2) is 0 Å². The largest absolute Gasteiger partial charge is 0.707 e. The van der Waals surface area contributed by atoms with Gasteiger partial charge in [-0.2, -0.15) is 0 Å². The van der Waals surface area contributed by atoms with E-state index in [1.807, 2.05) is 13.8 Å². The van der Waals surface area contributed by atoms with Crippen LogP contribution in [-0.4, -0.2) is 23.5 Å². The summed E-state index contributed by atoms with van der Waals surface area (Å²) in [6.07, 6.45) is -0.0643. The average Bonchev–Trinajstić information content (AvgIpc) is 2.11. The first kappa shape index (κ1) is 13.4. The summed E-state index contributed by atoms with van der Waals surface area (Å²) in [6.45, 7) is 3.68. The van der Waals surface area contributed by atoms with E-state index in [9.17, 15) is 0 Å². The Labute approximate surface area is 104 Å². The Hall–Kier alpha value is -0.615. The van der Waals surface area contributed by atoms with Gasteiger partial charge in [0.25, 0.3) is 0 Å². The van der Waals surface area contributed by atoms with Gasteiger partial charge in [0.2, 0.25) is 0 Å². The second-order valence-electron chi connectivity index (χ2n) is 3.32. The maximum atomic E-state index is 8.67. The lowest BCUT2D eigenvalue weighted by Gasteiger charge is -2.14. The molecule has 7 heteroatoms. The van der Waals surface area contributed by atoms with Gasteiger partial charge in [0.15, 0.2) is 0 Å². The highest BCUT2D eigenvalue weighted by molar-refractivity contribution is 6.38. The molecule has 0 aromatic heterocycles. The average molecular weight is 265 g/mol. The van der Waals surface area contributed by atoms with Gasteiger partial charge < -0.3 is 19.4 Å². The highest BCUT2D eigenvalue weighted by Crippen LogP contribution is 2.36. The Morgan fingerprint density at radius 3 is 2.19 bits per heavy atom. The first-order valence-electron chi connectivity index (χ1n) is 4.58. The van der Waals surface area contributed by atoms with Crippen LogP contribution in [0.3, 0.4) is 0 Å². The van der Waals surface area contributed by atoms with Gasteiger partial charge >= 0.3 is 7.32 Å². The minimum Gasteiger partial charge on any atom is -0.511 e. The lowest BCUT2D eigenvalue weighted by atomic mass is 10.2. The molecule has 0 aliphatic carbocycles. The Kier molecular flexibility index (Phi) is 4.74. The van der Waals surface area contributed by atoms with Crippen molar-refractivity contribution in [2.45, 2.75) is 20.0 Å². The molecule has 0 bridgehead atoms. The molecule has 1 rings (SSSR count). The molecule has 0 fully saturated rings. The fraction of sp³-hybridized carbons (Fsp3) is 0.333. The second-order valence-corrected chi connectivity index (χ2v) is 4.14. The van der Waals surface area contributed by atoms with Crippen molar-refractivity contribution in [2.75, 3.05) is 0 Å². The van der Waals surface area contributed by atoms with Crippen molar-refractivity contribution < 1.29 is 19.4 Å². The molecular weight excluding hydrogens is 254 g/mol. The van der Waals surface area contributed by atoms with Gasteiger partial charge in [0, 0.05) is 6.07 Å². The fourth-order valence-electron chi connectivity index (χ4n) is 1.06. The molecule has 0 aliphatic rings. The number of halogens is 2. The van der Waals surface area contributed by atoms with Gasteiger partial charge in [0.05, 0.1) is 16.1 Å². The van der Waals surface area contributed by atoms with Gasteiger partial charge in [-0.05, 0) is 19.9 Å². The molecule has 4 nitrogen and oxygen atoms in total. The van der Waals surface area contributed by atoms with Crippen molar-refractivity contribution in [3.05, 3.63) is 22.2 Å². The summed E-state index contributed by atoms with van der Waals surface area (Å²) < 4.78 is 10.1. The van der Waals surface area contributed by atoms with Crippen LogP contribution < -0.4 is 9.39 Å². The summed E-state index contributed by atoms with van der Waals surface area (Å²) in [5.74, 6) is 0.466. The van der Waals surface area contributed by atoms with Crippen molar-refractivity contribution in [2.24, 2.45) is 0 Å². The molecule has 0 heterocycles. The molecule has 0 atom stereocenters. The quantitative estimate of drug-likeness (QED) is 0.818. The van der Waals surface area contributed by atoms with Gasteiger partial charge in [-0.3, -0.25) is 0 Å². The SMILES string of the molecule is CC(C)Oc1cc(OB(O)O)c(Cl)cc1Cl. The summed E-state index contributed by atoms with van der Waals surface area (Å²) in [4.78, 5) is 0. The van der Waals surface area contributed by atoms with Gasteiger partial charge in [-0.1, -0.05) is 23.2 Å². The van der Waals surface area contributed by atoms with Crippen LogP contribution in [0, 0.1) is 0 Å². The van der Waals surface area contributed by atoms with Crippen LogP contribution in [-0.2, 0) is 0 Å². The molecule has 0 spiro atoms. The van der Waals surface area contributed by atoms with Gasteiger partial charge in [-0.15, -0.1) is 0 Å². The Morgan fingerprint density at radius 2 is 1.69 bits per heavy atom. The normalized spacial score (nSPS) is 10.4. The van der Waals surface area contributed by atoms with E-state index in [2.05, 4.69) is 4.65 Å². The molecule has 16 heavy (non-hydrogen) atoms. The van der Waals surface area contributed by atoms with Crippen molar-refractivity contribution in [3.8, 4) is 11.5 Å². The topological polar surface area (TPSA) is 58.9 Å². The highest BCUT2D eigenvalue weighted by Gasteiger charge is 2.16. The van der Waals surface area contributed by atoms with E-state index in [-0.39, 0.29) is 16.9 Å². The third-order valence-corrected chi connectivity index (χ3v) is 2.17. The van der Waals surface area contributed by atoms with Crippen LogP contribution in [0.25, 0.3) is 0 Å². The number of ether oxygens (including phenoxy) is 1. The molecule has 0 saturated carbocycles. The van der Waals surface area contributed by atoms with Crippen LogP contribution >= 0.6 is 23.2 Å². The molecule has 0 saturated heterocycles. The number of benzene rings is 1. The summed E-state index contributed by atoms with van der Waals surface area (Å²) in [5, 5.41) is 17.9. The van der Waals surface area contributed by atoms with E-state index < -0.39 is 7.32 Å². The van der Waals surface area contributed by atoms with Gasteiger partial charge in [0.1, 0.15) is 11.5 Å². The molecule has 1 aromatic carbocycles. The Balaban J connectivity index is 3.01. The van der Waals surface area contributed by atoms with Crippen LogP contribution in [0.1, 0.15) is 13.8 Å². The maximum Gasteiger partial charge on any atom is 0.707 e. The molecular formula is C9H11BCl2O4. The molecule has 0 aliphatic heterocycles. The monoisotopic (exact) mass is 264 g/mol. The van der Waals surface area contributed by atoms with E-state index >= 15 is 0 Å². The summed E-state index contributed by atoms with van der Waals surface area (Å²) in [6, 6.07) is 2.82. The molecule has 0 radical (unpaired) electrons. The van der Waals surface area contributed by atoms with E-state index in [1.165, 1.54) is 12.1 Å². The summed E-state index contributed by atoms with van der Waals surface area (Å²) in [5.41, 5.74) is 0. The van der Waals surface area contributed by atoms with Crippen LogP contribution in [0.4, 0.5) is 0 Å². The van der Waals surface area contributed by atoms with E-state index in [0.29, 0.717) is 10.8 Å². The van der Waals surface area contributed by atoms with Crippen molar-refractivity contribution in [1.29, 1.82) is 0 Å². The highest BCUT2D eigenvalue weighted by atomic mass is 35.5.